The van der Waals surface area contributed by atoms with Crippen LogP contribution in [0.1, 0.15) is 6.42 Å². The van der Waals surface area contributed by atoms with Gasteiger partial charge < -0.3 is 9.84 Å². The van der Waals surface area contributed by atoms with E-state index in [-0.39, 0.29) is 6.10 Å². The van der Waals surface area contributed by atoms with E-state index in [2.05, 4.69) is 0 Å². The van der Waals surface area contributed by atoms with Crippen molar-refractivity contribution in [3.63, 3.8) is 0 Å². The number of nitriles is 1. The quantitative estimate of drug-likeness (QED) is 0.495. The Morgan fingerprint density at radius 2 is 2.69 bits per heavy atom. The summed E-state index contributed by atoms with van der Waals surface area (Å²) in [6.45, 7) is 0. The fourth-order valence-corrected chi connectivity index (χ4v) is 1.54. The highest BCUT2D eigenvalue weighted by Crippen LogP contribution is 2.49. The molecule has 1 aliphatic heterocycles. The van der Waals surface area contributed by atoms with Gasteiger partial charge in [-0.3, -0.25) is 0 Å². The SMILES string of the molecule is N#CC1=CC2OC2(C=CC(=O)O)C1. The first-order valence-electron chi connectivity index (χ1n) is 3.87. The van der Waals surface area contributed by atoms with Gasteiger partial charge in [0.1, 0.15) is 11.7 Å². The second-order valence-electron chi connectivity index (χ2n) is 3.15. The van der Waals surface area contributed by atoms with Gasteiger partial charge >= 0.3 is 5.97 Å². The number of rotatable bonds is 2. The standard InChI is InChI=1S/C9H7NO3/c10-5-6-3-7-9(4-6,13-7)2-1-8(11)12/h1-3,7H,4H2,(H,11,12). The molecule has 0 aromatic heterocycles. The van der Waals surface area contributed by atoms with Crippen molar-refractivity contribution in [3.8, 4) is 6.07 Å². The monoisotopic (exact) mass is 177 g/mol. The van der Waals surface area contributed by atoms with Gasteiger partial charge in [-0.2, -0.15) is 5.26 Å². The highest BCUT2D eigenvalue weighted by Gasteiger charge is 2.57. The summed E-state index contributed by atoms with van der Waals surface area (Å²) in [6, 6.07) is 2.04. The topological polar surface area (TPSA) is 73.6 Å². The van der Waals surface area contributed by atoms with Crippen molar-refractivity contribution in [3.05, 3.63) is 23.8 Å². The predicted octanol–water partition coefficient (Wildman–Crippen LogP) is 0.618. The minimum absolute atomic E-state index is 0.0854. The van der Waals surface area contributed by atoms with Crippen molar-refractivity contribution in [2.75, 3.05) is 0 Å². The van der Waals surface area contributed by atoms with E-state index in [1.54, 1.807) is 6.08 Å². The third-order valence-corrected chi connectivity index (χ3v) is 2.24. The van der Waals surface area contributed by atoms with Gasteiger partial charge in [0.2, 0.25) is 0 Å². The van der Waals surface area contributed by atoms with Crippen LogP contribution in [0.25, 0.3) is 0 Å². The molecular formula is C9H7NO3. The Labute approximate surface area is 74.7 Å². The van der Waals surface area contributed by atoms with Crippen LogP contribution < -0.4 is 0 Å². The lowest BCUT2D eigenvalue weighted by Crippen LogP contribution is -2.07. The molecule has 1 N–H and O–H groups in total. The molecule has 2 unspecified atom stereocenters. The van der Waals surface area contributed by atoms with Crippen molar-refractivity contribution in [2.45, 2.75) is 18.1 Å². The number of ether oxygens (including phenoxy) is 1. The Morgan fingerprint density at radius 1 is 1.92 bits per heavy atom. The lowest BCUT2D eigenvalue weighted by atomic mass is 10.0. The maximum atomic E-state index is 10.2. The van der Waals surface area contributed by atoms with Gasteiger partial charge in [-0.25, -0.2) is 4.79 Å². The van der Waals surface area contributed by atoms with E-state index in [0.29, 0.717) is 12.0 Å². The Morgan fingerprint density at radius 3 is 3.23 bits per heavy atom. The summed E-state index contributed by atoms with van der Waals surface area (Å²) in [6.07, 6.45) is 4.73. The van der Waals surface area contributed by atoms with Crippen molar-refractivity contribution in [1.82, 2.24) is 0 Å². The number of nitrogens with zero attached hydrogens (tertiary/aromatic N) is 1. The smallest absolute Gasteiger partial charge is 0.328 e. The number of carboxylic acids is 1. The molecule has 4 nitrogen and oxygen atoms in total. The van der Waals surface area contributed by atoms with E-state index in [0.717, 1.165) is 6.08 Å². The van der Waals surface area contributed by atoms with Crippen LogP contribution in [-0.4, -0.2) is 22.8 Å². The van der Waals surface area contributed by atoms with Crippen molar-refractivity contribution in [1.29, 1.82) is 5.26 Å². The lowest BCUT2D eigenvalue weighted by Gasteiger charge is -1.99. The maximum absolute atomic E-state index is 10.2. The molecule has 0 aromatic carbocycles. The molecule has 1 heterocycles. The second-order valence-corrected chi connectivity index (χ2v) is 3.15. The molecular weight excluding hydrogens is 170 g/mol. The average molecular weight is 177 g/mol. The Kier molecular flexibility index (Phi) is 1.51. The molecule has 0 bridgehead atoms. The summed E-state index contributed by atoms with van der Waals surface area (Å²) in [4.78, 5) is 10.2. The molecule has 13 heavy (non-hydrogen) atoms. The molecule has 0 aromatic rings. The number of aliphatic carboxylic acids is 1. The number of carbonyl (C=O) groups is 1. The Bertz CT molecular complexity index is 364. The average Bonchev–Trinajstić information content (AvgIpc) is 2.66. The molecule has 0 saturated carbocycles. The number of epoxide rings is 1. The highest BCUT2D eigenvalue weighted by molar-refractivity contribution is 5.80. The van der Waals surface area contributed by atoms with Crippen molar-refractivity contribution in [2.24, 2.45) is 0 Å². The van der Waals surface area contributed by atoms with Gasteiger partial charge in [0, 0.05) is 18.1 Å². The Hall–Kier alpha value is -1.60. The molecule has 2 aliphatic rings. The van der Waals surface area contributed by atoms with Crippen molar-refractivity contribution < 1.29 is 14.6 Å². The minimum atomic E-state index is -0.992. The zero-order valence-electron chi connectivity index (χ0n) is 6.73. The summed E-state index contributed by atoms with van der Waals surface area (Å²) in [7, 11) is 0. The first-order chi connectivity index (χ1) is 6.16. The number of hydrogen-bond acceptors (Lipinski definition) is 3. The predicted molar refractivity (Wildman–Crippen MR) is 42.7 cm³/mol. The first-order valence-corrected chi connectivity index (χ1v) is 3.87. The third kappa shape index (κ3) is 1.23. The summed E-state index contributed by atoms with van der Waals surface area (Å²) in [5.74, 6) is -0.992. The fraction of sp³-hybridized carbons (Fsp3) is 0.333. The molecule has 2 rings (SSSR count). The molecule has 0 radical (unpaired) electrons. The molecule has 4 heteroatoms. The maximum Gasteiger partial charge on any atom is 0.328 e. The zero-order valence-corrected chi connectivity index (χ0v) is 6.73. The number of fused-ring (bicyclic) bond motifs is 1. The van der Waals surface area contributed by atoms with Gasteiger partial charge in [-0.05, 0) is 12.2 Å². The molecule has 1 fully saturated rings. The molecule has 2 atom stereocenters. The van der Waals surface area contributed by atoms with Gasteiger partial charge in [0.15, 0.2) is 0 Å². The fourth-order valence-electron chi connectivity index (χ4n) is 1.54. The van der Waals surface area contributed by atoms with Crippen LogP contribution >= 0.6 is 0 Å². The third-order valence-electron chi connectivity index (χ3n) is 2.24. The lowest BCUT2D eigenvalue weighted by molar-refractivity contribution is -0.131. The molecule has 1 aliphatic carbocycles. The van der Waals surface area contributed by atoms with Crippen LogP contribution in [0.4, 0.5) is 0 Å². The summed E-state index contributed by atoms with van der Waals surface area (Å²) < 4.78 is 5.25. The van der Waals surface area contributed by atoms with Crippen LogP contribution in [0.3, 0.4) is 0 Å². The summed E-state index contributed by atoms with van der Waals surface area (Å²) in [5, 5.41) is 17.0. The summed E-state index contributed by atoms with van der Waals surface area (Å²) in [5.41, 5.74) is 0.162. The van der Waals surface area contributed by atoms with Crippen LogP contribution in [0.15, 0.2) is 23.8 Å². The first kappa shape index (κ1) is 8.02. The van der Waals surface area contributed by atoms with Crippen LogP contribution in [0, 0.1) is 11.3 Å². The van der Waals surface area contributed by atoms with E-state index >= 15 is 0 Å². The Balaban J connectivity index is 2.08. The van der Waals surface area contributed by atoms with Gasteiger partial charge in [-0.15, -0.1) is 0 Å². The van der Waals surface area contributed by atoms with E-state index in [4.69, 9.17) is 15.1 Å². The normalized spacial score (nSPS) is 35.3. The van der Waals surface area contributed by atoms with Crippen molar-refractivity contribution >= 4 is 5.97 Å². The van der Waals surface area contributed by atoms with Gasteiger partial charge in [0.05, 0.1) is 6.07 Å². The number of carboxylic acid groups (broad SMARTS) is 1. The molecule has 66 valence electrons. The van der Waals surface area contributed by atoms with Gasteiger partial charge in [0.25, 0.3) is 0 Å². The van der Waals surface area contributed by atoms with Crippen LogP contribution in [-0.2, 0) is 9.53 Å². The molecule has 0 spiro atoms. The van der Waals surface area contributed by atoms with Crippen LogP contribution in [0.2, 0.25) is 0 Å². The van der Waals surface area contributed by atoms with Gasteiger partial charge in [-0.1, -0.05) is 0 Å². The second kappa shape index (κ2) is 2.44. The molecule has 1 saturated heterocycles. The minimum Gasteiger partial charge on any atom is -0.478 e. The van der Waals surface area contributed by atoms with E-state index in [1.807, 2.05) is 6.07 Å². The van der Waals surface area contributed by atoms with E-state index < -0.39 is 11.6 Å². The summed E-state index contributed by atoms with van der Waals surface area (Å²) >= 11 is 0. The van der Waals surface area contributed by atoms with E-state index in [9.17, 15) is 4.79 Å². The molecule has 0 amide bonds. The number of hydrogen-bond donors (Lipinski definition) is 1. The highest BCUT2D eigenvalue weighted by atomic mass is 16.6. The van der Waals surface area contributed by atoms with Crippen LogP contribution in [0.5, 0.6) is 0 Å². The largest absolute Gasteiger partial charge is 0.478 e. The van der Waals surface area contributed by atoms with E-state index in [1.165, 1.54) is 6.08 Å². The zero-order chi connectivity index (χ0) is 9.47.